The quantitative estimate of drug-likeness (QED) is 0.442. The van der Waals surface area contributed by atoms with Crippen LogP contribution in [0.25, 0.3) is 0 Å². The van der Waals surface area contributed by atoms with Crippen LogP contribution in [0.2, 0.25) is 18.1 Å². The predicted octanol–water partition coefficient (Wildman–Crippen LogP) is 3.14. The van der Waals surface area contributed by atoms with E-state index in [1.807, 2.05) is 6.92 Å². The third-order valence-electron chi connectivity index (χ3n) is 5.75. The van der Waals surface area contributed by atoms with Gasteiger partial charge in [0.15, 0.2) is 14.1 Å². The molecule has 6 heteroatoms. The minimum atomic E-state index is -2.10. The number of esters is 1. The van der Waals surface area contributed by atoms with Crippen molar-refractivity contribution in [2.75, 3.05) is 0 Å². The Labute approximate surface area is 144 Å². The second-order valence-electron chi connectivity index (χ2n) is 8.60. The summed E-state index contributed by atoms with van der Waals surface area (Å²) < 4.78 is 17.7. The third kappa shape index (κ3) is 2.89. The van der Waals surface area contributed by atoms with Crippen molar-refractivity contribution in [1.29, 1.82) is 0 Å². The molecule has 2 heterocycles. The molecule has 24 heavy (non-hydrogen) atoms. The van der Waals surface area contributed by atoms with Gasteiger partial charge >= 0.3 is 5.97 Å². The largest absolute Gasteiger partial charge is 0.459 e. The average Bonchev–Trinajstić information content (AvgIpc) is 3.23. The normalized spacial score (nSPS) is 33.1. The minimum absolute atomic E-state index is 0.0167. The van der Waals surface area contributed by atoms with Crippen molar-refractivity contribution in [2.24, 2.45) is 0 Å². The predicted molar refractivity (Wildman–Crippen MR) is 92.2 cm³/mol. The number of epoxide rings is 1. The molecular weight excluding hydrogens is 324 g/mol. The van der Waals surface area contributed by atoms with Crippen molar-refractivity contribution >= 4 is 20.1 Å². The lowest BCUT2D eigenvalue weighted by Gasteiger charge is -2.41. The molecule has 0 radical (unpaired) electrons. The molecule has 1 saturated heterocycles. The van der Waals surface area contributed by atoms with Gasteiger partial charge in [-0.2, -0.15) is 0 Å². The Morgan fingerprint density at radius 1 is 1.25 bits per heavy atom. The summed E-state index contributed by atoms with van der Waals surface area (Å²) in [5.41, 5.74) is 1.02. The van der Waals surface area contributed by atoms with Gasteiger partial charge in [0.1, 0.15) is 24.4 Å². The summed E-state index contributed by atoms with van der Waals surface area (Å²) in [6.07, 6.45) is 0.789. The van der Waals surface area contributed by atoms with Gasteiger partial charge in [0, 0.05) is 12.0 Å². The smallest absolute Gasteiger partial charge is 0.337 e. The zero-order valence-corrected chi connectivity index (χ0v) is 16.5. The minimum Gasteiger partial charge on any atom is -0.459 e. The van der Waals surface area contributed by atoms with Gasteiger partial charge in [-0.05, 0) is 24.6 Å². The van der Waals surface area contributed by atoms with Crippen LogP contribution in [-0.4, -0.2) is 44.5 Å². The Kier molecular flexibility index (Phi) is 4.29. The topological polar surface area (TPSA) is 65.1 Å². The number of rotatable bonds is 4. The van der Waals surface area contributed by atoms with Crippen LogP contribution >= 0.6 is 0 Å². The molecule has 0 saturated carbocycles. The van der Waals surface area contributed by atoms with E-state index in [2.05, 4.69) is 33.9 Å². The molecule has 1 aliphatic carbocycles. The van der Waals surface area contributed by atoms with Crippen molar-refractivity contribution < 1.29 is 23.5 Å². The zero-order chi connectivity index (χ0) is 17.9. The number of ketones is 1. The molecule has 0 aromatic carbocycles. The number of hydrogen-bond acceptors (Lipinski definition) is 5. The first-order chi connectivity index (χ1) is 11.1. The van der Waals surface area contributed by atoms with Crippen LogP contribution < -0.4 is 0 Å². The van der Waals surface area contributed by atoms with Crippen molar-refractivity contribution in [3.05, 3.63) is 11.1 Å². The van der Waals surface area contributed by atoms with Gasteiger partial charge in [0.05, 0.1) is 5.57 Å². The highest BCUT2D eigenvalue weighted by atomic mass is 28.4. The zero-order valence-electron chi connectivity index (χ0n) is 15.5. The second kappa shape index (κ2) is 5.78. The number of ether oxygens (including phenoxy) is 2. The van der Waals surface area contributed by atoms with Gasteiger partial charge in [-0.1, -0.05) is 34.1 Å². The van der Waals surface area contributed by atoms with E-state index < -0.39 is 20.5 Å². The molecule has 134 valence electrons. The number of cyclic esters (lactones) is 1. The molecule has 5 nitrogen and oxygen atoms in total. The molecule has 0 spiro atoms. The molecule has 0 amide bonds. The molecule has 0 bridgehead atoms. The second-order valence-corrected chi connectivity index (χ2v) is 13.4. The van der Waals surface area contributed by atoms with Gasteiger partial charge in [0.2, 0.25) is 0 Å². The van der Waals surface area contributed by atoms with E-state index in [1.54, 1.807) is 0 Å². The highest BCUT2D eigenvalue weighted by molar-refractivity contribution is 6.74. The highest BCUT2D eigenvalue weighted by Gasteiger charge is 2.61. The molecule has 2 aliphatic heterocycles. The Morgan fingerprint density at radius 2 is 1.92 bits per heavy atom. The van der Waals surface area contributed by atoms with Crippen molar-refractivity contribution in [1.82, 2.24) is 0 Å². The van der Waals surface area contributed by atoms with E-state index in [1.165, 1.54) is 0 Å². The standard InChI is InChI=1S/C18H28O5Si/c1-7-8-10-9-11-12(17(20)21-10)14(16-15(22-16)13(11)19)23-24(5,6)18(2,3)4/h10,14-16H,7-9H2,1-6H3/t10-,14+,15+,16-/m0/s1. The maximum Gasteiger partial charge on any atom is 0.337 e. The molecule has 0 unspecified atom stereocenters. The van der Waals surface area contributed by atoms with Crippen LogP contribution in [0, 0.1) is 0 Å². The number of hydrogen-bond donors (Lipinski definition) is 0. The summed E-state index contributed by atoms with van der Waals surface area (Å²) in [4.78, 5) is 25.2. The van der Waals surface area contributed by atoms with Crippen molar-refractivity contribution in [2.45, 2.75) is 89.5 Å². The Balaban J connectivity index is 1.93. The van der Waals surface area contributed by atoms with Crippen LogP contribution in [-0.2, 0) is 23.5 Å². The highest BCUT2D eigenvalue weighted by Crippen LogP contribution is 2.47. The summed E-state index contributed by atoms with van der Waals surface area (Å²) >= 11 is 0. The lowest BCUT2D eigenvalue weighted by molar-refractivity contribution is -0.148. The fourth-order valence-corrected chi connectivity index (χ4v) is 4.48. The van der Waals surface area contributed by atoms with Crippen molar-refractivity contribution in [3.63, 3.8) is 0 Å². The molecule has 3 aliphatic rings. The molecule has 3 rings (SSSR count). The molecule has 0 aromatic rings. The van der Waals surface area contributed by atoms with Gasteiger partial charge in [0.25, 0.3) is 0 Å². The van der Waals surface area contributed by atoms with E-state index in [9.17, 15) is 9.59 Å². The molecule has 0 N–H and O–H groups in total. The summed E-state index contributed by atoms with van der Waals surface area (Å²) in [5, 5.41) is 0.0167. The number of carbonyl (C=O) groups excluding carboxylic acids is 2. The van der Waals surface area contributed by atoms with Gasteiger partial charge in [-0.25, -0.2) is 4.79 Å². The molecule has 4 atom stereocenters. The van der Waals surface area contributed by atoms with Gasteiger partial charge < -0.3 is 13.9 Å². The van der Waals surface area contributed by atoms with E-state index >= 15 is 0 Å². The molecule has 0 aromatic heterocycles. The SMILES string of the molecule is CCC[C@H]1CC2=C(C(=O)O1)[C@@H](O[Si](C)(C)C(C)(C)C)[C@@H]1O[C@@H]1C2=O. The van der Waals surface area contributed by atoms with Crippen LogP contribution in [0.5, 0.6) is 0 Å². The lowest BCUT2D eigenvalue weighted by Crippen LogP contribution is -2.50. The first-order valence-corrected chi connectivity index (χ1v) is 11.8. The van der Waals surface area contributed by atoms with E-state index in [0.717, 1.165) is 12.8 Å². The number of fused-ring (bicyclic) bond motifs is 1. The average molecular weight is 353 g/mol. The summed E-state index contributed by atoms with van der Waals surface area (Å²) in [6.45, 7) is 12.8. The molecule has 1 fully saturated rings. The van der Waals surface area contributed by atoms with Gasteiger partial charge in [-0.15, -0.1) is 0 Å². The maximum atomic E-state index is 12.6. The van der Waals surface area contributed by atoms with E-state index in [-0.39, 0.29) is 29.0 Å². The van der Waals surface area contributed by atoms with E-state index in [0.29, 0.717) is 17.6 Å². The first kappa shape index (κ1) is 17.8. The summed E-state index contributed by atoms with van der Waals surface area (Å²) in [7, 11) is -2.10. The van der Waals surface area contributed by atoms with Crippen LogP contribution in [0.15, 0.2) is 11.1 Å². The Hall–Kier alpha value is -0.983. The lowest BCUT2D eigenvalue weighted by atomic mass is 9.83. The monoisotopic (exact) mass is 352 g/mol. The number of carbonyl (C=O) groups is 2. The summed E-state index contributed by atoms with van der Waals surface area (Å²) in [5.74, 6) is -0.427. The fourth-order valence-electron chi connectivity index (χ4n) is 3.24. The van der Waals surface area contributed by atoms with E-state index in [4.69, 9.17) is 13.9 Å². The van der Waals surface area contributed by atoms with Crippen LogP contribution in [0.4, 0.5) is 0 Å². The van der Waals surface area contributed by atoms with Crippen LogP contribution in [0.3, 0.4) is 0 Å². The maximum absolute atomic E-state index is 12.6. The fraction of sp³-hybridized carbons (Fsp3) is 0.778. The Bertz CT molecular complexity index is 601. The van der Waals surface area contributed by atoms with Crippen LogP contribution in [0.1, 0.15) is 47.0 Å². The van der Waals surface area contributed by atoms with Crippen molar-refractivity contribution in [3.8, 4) is 0 Å². The molecular formula is C18H28O5Si. The Morgan fingerprint density at radius 3 is 2.50 bits per heavy atom. The first-order valence-electron chi connectivity index (χ1n) is 8.88. The van der Waals surface area contributed by atoms with Gasteiger partial charge in [-0.3, -0.25) is 4.79 Å². The summed E-state index contributed by atoms with van der Waals surface area (Å²) in [6, 6.07) is 0. The number of Topliss-reactive ketones (excluding diaryl/α,β-unsaturated/α-hetero) is 1. The third-order valence-corrected chi connectivity index (χ3v) is 10.2.